The molecule has 0 saturated carbocycles. The Morgan fingerprint density at radius 3 is 2.57 bits per heavy atom. The average Bonchev–Trinajstić information content (AvgIpc) is 2.99. The van der Waals surface area contributed by atoms with Crippen LogP contribution >= 0.6 is 0 Å². The van der Waals surface area contributed by atoms with Gasteiger partial charge in [-0.2, -0.15) is 0 Å². The van der Waals surface area contributed by atoms with Crippen molar-refractivity contribution in [3.63, 3.8) is 0 Å². The van der Waals surface area contributed by atoms with Gasteiger partial charge in [0.25, 0.3) is 0 Å². The van der Waals surface area contributed by atoms with Gasteiger partial charge in [-0.1, -0.05) is 18.2 Å². The molecule has 1 heterocycles. The Morgan fingerprint density at radius 2 is 1.87 bits per heavy atom. The Kier molecular flexibility index (Phi) is 7.04. The van der Waals surface area contributed by atoms with E-state index in [0.29, 0.717) is 25.8 Å². The summed E-state index contributed by atoms with van der Waals surface area (Å²) in [5, 5.41) is 10.1. The summed E-state index contributed by atoms with van der Waals surface area (Å²) in [6.07, 6.45) is 1.82. The van der Waals surface area contributed by atoms with Crippen molar-refractivity contribution in [1.29, 1.82) is 0 Å². The third kappa shape index (κ3) is 4.63. The molecular weight excluding hydrogens is 418 g/mol. The van der Waals surface area contributed by atoms with Gasteiger partial charge in [-0.05, 0) is 55.2 Å². The van der Waals surface area contributed by atoms with E-state index >= 15 is 0 Å². The second kappa shape index (κ2) is 9.20. The monoisotopic (exact) mass is 439 g/mol. The zero-order valence-corrected chi connectivity index (χ0v) is 19.5. The molecule has 4 rings (SSSR count). The van der Waals surface area contributed by atoms with Gasteiger partial charge < -0.3 is 9.67 Å². The Hall–Kier alpha value is -1.71. The molecule has 30 heavy (non-hydrogen) atoms. The number of benzene rings is 2. The first kappa shape index (κ1) is 23.0. The number of hydrogen-bond acceptors (Lipinski definition) is 3. The molecule has 2 N–H and O–H groups in total. The van der Waals surface area contributed by atoms with Gasteiger partial charge in [-0.3, -0.25) is 4.79 Å². The number of aliphatic carboxylic acids is 1. The Bertz CT molecular complexity index is 1180. The molecule has 0 saturated heterocycles. The van der Waals surface area contributed by atoms with Gasteiger partial charge in [0, 0.05) is 58.7 Å². The van der Waals surface area contributed by atoms with Crippen LogP contribution in [0.2, 0.25) is 0 Å². The standard InChI is InChI=1S/C21H21FN2O4S.Na/c22-14-5-8-16(9-6-14)29(27,28)23-15-7-10-20-18(13-15)17-3-1-2-4-19(17)24(20)12-11-21(25)26;/h1-6,8-9,15,23H,7,10-13H2,(H,25,26);/t15-;/m1./s1. The summed E-state index contributed by atoms with van der Waals surface area (Å²) >= 11 is 0. The van der Waals surface area contributed by atoms with Gasteiger partial charge in [-0.15, -0.1) is 0 Å². The van der Waals surface area contributed by atoms with Crippen LogP contribution in [0.15, 0.2) is 53.4 Å². The number of halogens is 1. The van der Waals surface area contributed by atoms with Crippen LogP contribution in [0, 0.1) is 5.82 Å². The summed E-state index contributed by atoms with van der Waals surface area (Å²) in [4.78, 5) is 11.1. The largest absolute Gasteiger partial charge is 0.481 e. The number of carboxylic acid groups (broad SMARTS) is 1. The smallest absolute Gasteiger partial charge is 0.305 e. The van der Waals surface area contributed by atoms with Crippen LogP contribution in [-0.4, -0.2) is 59.7 Å². The first-order valence-corrected chi connectivity index (χ1v) is 10.9. The van der Waals surface area contributed by atoms with Crippen molar-refractivity contribution < 1.29 is 22.7 Å². The van der Waals surface area contributed by atoms with Crippen molar-refractivity contribution in [2.24, 2.45) is 0 Å². The molecule has 0 fully saturated rings. The second-order valence-electron chi connectivity index (χ2n) is 7.25. The third-order valence-electron chi connectivity index (χ3n) is 5.37. The number of rotatable bonds is 6. The minimum Gasteiger partial charge on any atom is -0.481 e. The maximum Gasteiger partial charge on any atom is 0.305 e. The van der Waals surface area contributed by atoms with Crippen LogP contribution in [0.25, 0.3) is 10.9 Å². The summed E-state index contributed by atoms with van der Waals surface area (Å²) in [6, 6.07) is 12.3. The van der Waals surface area contributed by atoms with Gasteiger partial charge in [0.05, 0.1) is 11.3 Å². The summed E-state index contributed by atoms with van der Waals surface area (Å²) in [6.45, 7) is 0.386. The van der Waals surface area contributed by atoms with E-state index < -0.39 is 21.8 Å². The minimum absolute atomic E-state index is 0. The van der Waals surface area contributed by atoms with Crippen molar-refractivity contribution in [3.8, 4) is 0 Å². The van der Waals surface area contributed by atoms with E-state index in [9.17, 15) is 17.6 Å². The van der Waals surface area contributed by atoms with Gasteiger partial charge >= 0.3 is 5.97 Å². The van der Waals surface area contributed by atoms with E-state index in [1.807, 2.05) is 28.8 Å². The first-order chi connectivity index (χ1) is 13.8. The van der Waals surface area contributed by atoms with E-state index in [4.69, 9.17) is 5.11 Å². The quantitative estimate of drug-likeness (QED) is 0.578. The van der Waals surface area contributed by atoms with E-state index in [1.54, 1.807) is 0 Å². The van der Waals surface area contributed by atoms with E-state index in [0.717, 1.165) is 34.3 Å². The van der Waals surface area contributed by atoms with Gasteiger partial charge in [-0.25, -0.2) is 17.5 Å². The van der Waals surface area contributed by atoms with Gasteiger partial charge in [0.1, 0.15) is 5.82 Å². The zero-order chi connectivity index (χ0) is 20.6. The Labute approximate surface area is 196 Å². The Balaban J connectivity index is 0.00000256. The molecule has 0 spiro atoms. The summed E-state index contributed by atoms with van der Waals surface area (Å²) in [5.41, 5.74) is 3.11. The van der Waals surface area contributed by atoms with Crippen LogP contribution in [-0.2, 0) is 34.2 Å². The Morgan fingerprint density at radius 1 is 1.17 bits per heavy atom. The molecule has 1 aliphatic carbocycles. The van der Waals surface area contributed by atoms with Crippen LogP contribution in [0.1, 0.15) is 24.1 Å². The van der Waals surface area contributed by atoms with Crippen LogP contribution < -0.4 is 4.72 Å². The normalized spacial score (nSPS) is 16.1. The maximum atomic E-state index is 13.1. The van der Waals surface area contributed by atoms with Crippen molar-refractivity contribution in [1.82, 2.24) is 9.29 Å². The fourth-order valence-corrected chi connectivity index (χ4v) is 5.34. The number of fused-ring (bicyclic) bond motifs is 3. The number of hydrogen-bond donors (Lipinski definition) is 2. The van der Waals surface area contributed by atoms with Crippen molar-refractivity contribution in [2.45, 2.75) is 43.2 Å². The molecule has 0 unspecified atom stereocenters. The van der Waals surface area contributed by atoms with Gasteiger partial charge in [0.15, 0.2) is 0 Å². The number of nitrogens with one attached hydrogen (secondary N) is 1. The molecule has 0 bridgehead atoms. The molecule has 9 heteroatoms. The third-order valence-corrected chi connectivity index (χ3v) is 6.91. The van der Waals surface area contributed by atoms with E-state index in [2.05, 4.69) is 4.72 Å². The number of aromatic nitrogens is 1. The van der Waals surface area contributed by atoms with Crippen molar-refractivity contribution in [3.05, 3.63) is 65.6 Å². The number of sulfonamides is 1. The molecule has 1 aromatic heterocycles. The minimum atomic E-state index is -3.75. The predicted octanol–water partition coefficient (Wildman–Crippen LogP) is 2.71. The van der Waals surface area contributed by atoms with Crippen LogP contribution in [0.5, 0.6) is 0 Å². The predicted molar refractivity (Wildman–Crippen MR) is 112 cm³/mol. The number of para-hydroxylation sites is 1. The van der Waals surface area contributed by atoms with Crippen LogP contribution in [0.3, 0.4) is 0 Å². The molecule has 6 nitrogen and oxygen atoms in total. The summed E-state index contributed by atoms with van der Waals surface area (Å²) in [7, 11) is -3.75. The molecule has 1 radical (unpaired) electrons. The molecule has 0 amide bonds. The molecule has 1 atom stereocenters. The summed E-state index contributed by atoms with van der Waals surface area (Å²) in [5.74, 6) is -1.34. The van der Waals surface area contributed by atoms with Crippen molar-refractivity contribution in [2.75, 3.05) is 0 Å². The number of aryl methyl sites for hydroxylation is 1. The first-order valence-electron chi connectivity index (χ1n) is 9.44. The molecule has 0 aliphatic heterocycles. The van der Waals surface area contributed by atoms with Crippen LogP contribution in [0.4, 0.5) is 4.39 Å². The van der Waals surface area contributed by atoms with Gasteiger partial charge in [0.2, 0.25) is 10.0 Å². The fourth-order valence-electron chi connectivity index (χ4n) is 4.07. The maximum absolute atomic E-state index is 13.1. The number of nitrogens with zero attached hydrogens (tertiary/aromatic N) is 1. The second-order valence-corrected chi connectivity index (χ2v) is 8.97. The number of carboxylic acids is 1. The SMILES string of the molecule is O=C(O)CCn1c2c(c3ccccc31)C[C@H](NS(=O)(=O)c1ccc(F)cc1)CC2.[Na]. The topological polar surface area (TPSA) is 88.4 Å². The molecule has 2 aromatic carbocycles. The fraction of sp³-hybridized carbons (Fsp3) is 0.286. The van der Waals surface area contributed by atoms with Crippen molar-refractivity contribution >= 4 is 56.5 Å². The molecular formula is C21H21FN2NaO4S. The molecule has 1 aliphatic rings. The molecule has 3 aromatic rings. The van der Waals surface area contributed by atoms with E-state index in [1.165, 1.54) is 12.1 Å². The average molecular weight is 439 g/mol. The number of carbonyl (C=O) groups is 1. The molecule has 153 valence electrons. The van der Waals surface area contributed by atoms with E-state index in [-0.39, 0.29) is 46.9 Å². The zero-order valence-electron chi connectivity index (χ0n) is 16.6. The summed E-state index contributed by atoms with van der Waals surface area (Å²) < 4.78 is 43.2.